The Morgan fingerprint density at radius 1 is 0.848 bits per heavy atom. The molecular formula is C25H31N3O5. The molecule has 0 unspecified atom stereocenters. The van der Waals surface area contributed by atoms with Crippen molar-refractivity contribution in [3.63, 3.8) is 0 Å². The van der Waals surface area contributed by atoms with Gasteiger partial charge in [0, 0.05) is 57.4 Å². The zero-order valence-corrected chi connectivity index (χ0v) is 19.3. The fraction of sp³-hybridized carbons (Fsp3) is 0.440. The van der Waals surface area contributed by atoms with Gasteiger partial charge in [0.1, 0.15) is 11.5 Å². The molecule has 0 aromatic heterocycles. The Hall–Kier alpha value is -3.10. The van der Waals surface area contributed by atoms with E-state index in [0.717, 1.165) is 38.4 Å². The smallest absolute Gasteiger partial charge is 0.257 e. The van der Waals surface area contributed by atoms with Crippen molar-refractivity contribution >= 4 is 11.8 Å². The van der Waals surface area contributed by atoms with E-state index in [4.69, 9.17) is 14.2 Å². The highest BCUT2D eigenvalue weighted by molar-refractivity contribution is 5.98. The van der Waals surface area contributed by atoms with Crippen LogP contribution in [0.2, 0.25) is 0 Å². The highest BCUT2D eigenvalue weighted by Crippen LogP contribution is 2.26. The van der Waals surface area contributed by atoms with Gasteiger partial charge in [-0.3, -0.25) is 14.5 Å². The molecule has 0 spiro atoms. The lowest BCUT2D eigenvalue weighted by Gasteiger charge is -2.35. The van der Waals surface area contributed by atoms with Gasteiger partial charge in [-0.1, -0.05) is 12.1 Å². The Bertz CT molecular complexity index is 982. The summed E-state index contributed by atoms with van der Waals surface area (Å²) in [4.78, 5) is 32.1. The second-order valence-corrected chi connectivity index (χ2v) is 8.24. The minimum Gasteiger partial charge on any atom is -0.497 e. The van der Waals surface area contributed by atoms with E-state index in [1.165, 1.54) is 7.11 Å². The largest absolute Gasteiger partial charge is 0.497 e. The van der Waals surface area contributed by atoms with Crippen LogP contribution < -0.4 is 9.47 Å². The number of ether oxygens (including phenoxy) is 3. The summed E-state index contributed by atoms with van der Waals surface area (Å²) in [5.74, 6) is 1.02. The molecule has 8 nitrogen and oxygen atoms in total. The van der Waals surface area contributed by atoms with Crippen molar-refractivity contribution in [1.29, 1.82) is 0 Å². The van der Waals surface area contributed by atoms with Crippen molar-refractivity contribution in [2.24, 2.45) is 0 Å². The first-order valence-electron chi connectivity index (χ1n) is 11.3. The predicted molar refractivity (Wildman–Crippen MR) is 124 cm³/mol. The molecule has 2 saturated heterocycles. The molecule has 2 heterocycles. The van der Waals surface area contributed by atoms with E-state index < -0.39 is 0 Å². The maximum atomic E-state index is 13.1. The summed E-state index contributed by atoms with van der Waals surface area (Å²) in [7, 11) is 3.11. The summed E-state index contributed by atoms with van der Waals surface area (Å²) in [6.45, 7) is 6.10. The van der Waals surface area contributed by atoms with Crippen molar-refractivity contribution in [3.8, 4) is 11.5 Å². The van der Waals surface area contributed by atoms with Crippen molar-refractivity contribution in [3.05, 3.63) is 59.2 Å². The van der Waals surface area contributed by atoms with Gasteiger partial charge in [0.15, 0.2) is 0 Å². The summed E-state index contributed by atoms with van der Waals surface area (Å²) in [6, 6.07) is 13.0. The fourth-order valence-corrected chi connectivity index (χ4v) is 4.26. The molecule has 2 aromatic carbocycles. The van der Waals surface area contributed by atoms with Crippen molar-refractivity contribution in [2.45, 2.75) is 6.54 Å². The molecule has 2 aromatic rings. The van der Waals surface area contributed by atoms with Crippen LogP contribution in [0.3, 0.4) is 0 Å². The molecule has 0 radical (unpaired) electrons. The minimum absolute atomic E-state index is 0.00737. The maximum Gasteiger partial charge on any atom is 0.257 e. The topological polar surface area (TPSA) is 71.6 Å². The Kier molecular flexibility index (Phi) is 7.47. The van der Waals surface area contributed by atoms with Gasteiger partial charge in [-0.15, -0.1) is 0 Å². The number of morpholine rings is 1. The number of rotatable bonds is 6. The van der Waals surface area contributed by atoms with Crippen LogP contribution in [0.1, 0.15) is 26.3 Å². The van der Waals surface area contributed by atoms with Crippen LogP contribution in [-0.2, 0) is 11.3 Å². The SMILES string of the molecule is COc1ccc(C(=O)N2CCN(C(=O)c3cccc(CN4CCOCC4)c3)CC2)c(OC)c1. The molecule has 0 saturated carbocycles. The van der Waals surface area contributed by atoms with Crippen LogP contribution >= 0.6 is 0 Å². The van der Waals surface area contributed by atoms with Gasteiger partial charge >= 0.3 is 0 Å². The molecular weight excluding hydrogens is 422 g/mol. The molecule has 2 amide bonds. The average molecular weight is 454 g/mol. The first-order valence-corrected chi connectivity index (χ1v) is 11.3. The van der Waals surface area contributed by atoms with E-state index in [0.29, 0.717) is 48.8 Å². The Morgan fingerprint density at radius 2 is 1.55 bits per heavy atom. The predicted octanol–water partition coefficient (Wildman–Crippen LogP) is 2.13. The quantitative estimate of drug-likeness (QED) is 0.668. The number of hydrogen-bond donors (Lipinski definition) is 0. The molecule has 2 aliphatic rings. The van der Waals surface area contributed by atoms with Crippen LogP contribution in [0.15, 0.2) is 42.5 Å². The van der Waals surface area contributed by atoms with Gasteiger partial charge in [0.2, 0.25) is 0 Å². The third-order valence-electron chi connectivity index (χ3n) is 6.18. The lowest BCUT2D eigenvalue weighted by atomic mass is 10.1. The Labute approximate surface area is 194 Å². The molecule has 0 aliphatic carbocycles. The number of methoxy groups -OCH3 is 2. The standard InChI is InChI=1S/C25H31N3O5/c1-31-21-6-7-22(23(17-21)32-2)25(30)28-10-8-27(9-11-28)24(29)20-5-3-4-19(16-20)18-26-12-14-33-15-13-26/h3-7,16-17H,8-15,18H2,1-2H3. The highest BCUT2D eigenvalue weighted by Gasteiger charge is 2.27. The van der Waals surface area contributed by atoms with E-state index in [1.54, 1.807) is 30.2 Å². The van der Waals surface area contributed by atoms with E-state index in [9.17, 15) is 9.59 Å². The molecule has 2 fully saturated rings. The van der Waals surface area contributed by atoms with E-state index in [-0.39, 0.29) is 11.8 Å². The van der Waals surface area contributed by atoms with E-state index in [1.807, 2.05) is 23.1 Å². The summed E-state index contributed by atoms with van der Waals surface area (Å²) in [6.07, 6.45) is 0. The highest BCUT2D eigenvalue weighted by atomic mass is 16.5. The van der Waals surface area contributed by atoms with E-state index in [2.05, 4.69) is 11.0 Å². The third kappa shape index (κ3) is 5.46. The normalized spacial score (nSPS) is 17.0. The van der Waals surface area contributed by atoms with Gasteiger partial charge in [-0.2, -0.15) is 0 Å². The minimum atomic E-state index is -0.103. The van der Waals surface area contributed by atoms with Crippen LogP contribution in [0.4, 0.5) is 0 Å². The second kappa shape index (κ2) is 10.7. The number of carbonyl (C=O) groups excluding carboxylic acids is 2. The Morgan fingerprint density at radius 3 is 2.21 bits per heavy atom. The molecule has 33 heavy (non-hydrogen) atoms. The molecule has 0 N–H and O–H groups in total. The second-order valence-electron chi connectivity index (χ2n) is 8.24. The van der Waals surface area contributed by atoms with Crippen LogP contribution in [0, 0.1) is 0 Å². The number of nitrogens with zero attached hydrogens (tertiary/aromatic N) is 3. The number of hydrogen-bond acceptors (Lipinski definition) is 6. The molecule has 0 bridgehead atoms. The maximum absolute atomic E-state index is 13.1. The van der Waals surface area contributed by atoms with Crippen molar-refractivity contribution < 1.29 is 23.8 Å². The lowest BCUT2D eigenvalue weighted by Crippen LogP contribution is -2.50. The zero-order chi connectivity index (χ0) is 23.2. The zero-order valence-electron chi connectivity index (χ0n) is 19.3. The molecule has 4 rings (SSSR count). The van der Waals surface area contributed by atoms with Crippen LogP contribution in [0.5, 0.6) is 11.5 Å². The Balaban J connectivity index is 1.36. The van der Waals surface area contributed by atoms with Crippen LogP contribution in [-0.4, -0.2) is 93.2 Å². The molecule has 0 atom stereocenters. The van der Waals surface area contributed by atoms with Gasteiger partial charge in [0.25, 0.3) is 11.8 Å². The third-order valence-corrected chi connectivity index (χ3v) is 6.18. The van der Waals surface area contributed by atoms with Gasteiger partial charge in [-0.05, 0) is 29.8 Å². The number of amides is 2. The van der Waals surface area contributed by atoms with Crippen molar-refractivity contribution in [1.82, 2.24) is 14.7 Å². The number of piperazine rings is 1. The molecule has 8 heteroatoms. The summed E-state index contributed by atoms with van der Waals surface area (Å²) in [5, 5.41) is 0. The fourth-order valence-electron chi connectivity index (χ4n) is 4.26. The van der Waals surface area contributed by atoms with E-state index >= 15 is 0 Å². The average Bonchev–Trinajstić information content (AvgIpc) is 2.88. The molecule has 176 valence electrons. The van der Waals surface area contributed by atoms with Crippen molar-refractivity contribution in [2.75, 3.05) is 66.7 Å². The monoisotopic (exact) mass is 453 g/mol. The van der Waals surface area contributed by atoms with Gasteiger partial charge < -0.3 is 24.0 Å². The van der Waals surface area contributed by atoms with Crippen LogP contribution in [0.25, 0.3) is 0 Å². The number of benzene rings is 2. The molecule has 2 aliphatic heterocycles. The first-order chi connectivity index (χ1) is 16.1. The summed E-state index contributed by atoms with van der Waals surface area (Å²) < 4.78 is 16.0. The first kappa shape index (κ1) is 23.1. The summed E-state index contributed by atoms with van der Waals surface area (Å²) in [5.41, 5.74) is 2.31. The van der Waals surface area contributed by atoms with Gasteiger partial charge in [0.05, 0.1) is 33.0 Å². The van der Waals surface area contributed by atoms with Gasteiger partial charge in [-0.25, -0.2) is 0 Å². The summed E-state index contributed by atoms with van der Waals surface area (Å²) >= 11 is 0. The number of carbonyl (C=O) groups is 2. The lowest BCUT2D eigenvalue weighted by molar-refractivity contribution is 0.0341.